The summed E-state index contributed by atoms with van der Waals surface area (Å²) in [5, 5.41) is 8.24. The molecular formula is C16H29N3O. The number of rotatable bonds is 6. The first-order chi connectivity index (χ1) is 9.58. The number of aryl methyl sites for hydroxylation is 1. The molecule has 114 valence electrons. The maximum atomic E-state index is 5.43. The molecular weight excluding hydrogens is 250 g/mol. The molecule has 0 spiro atoms. The standard InChI is InChI=1S/C16H29N3O/c1-12(2)17-8-5-16-13(3)18-19(14(16)4)11-15-6-9-20-10-7-15/h12,15,17H,5-11H2,1-4H3. The number of ether oxygens (including phenoxy) is 1. The predicted octanol–water partition coefficient (Wildman–Crippen LogP) is 2.47. The van der Waals surface area contributed by atoms with Crippen molar-refractivity contribution in [1.29, 1.82) is 0 Å². The fraction of sp³-hybridized carbons (Fsp3) is 0.812. The molecule has 0 radical (unpaired) electrons. The fourth-order valence-corrected chi connectivity index (χ4v) is 2.93. The highest BCUT2D eigenvalue weighted by molar-refractivity contribution is 5.24. The summed E-state index contributed by atoms with van der Waals surface area (Å²) in [4.78, 5) is 0. The highest BCUT2D eigenvalue weighted by Crippen LogP contribution is 2.20. The third kappa shape index (κ3) is 4.06. The van der Waals surface area contributed by atoms with Crippen molar-refractivity contribution in [2.45, 2.75) is 59.5 Å². The number of nitrogens with zero attached hydrogens (tertiary/aromatic N) is 2. The van der Waals surface area contributed by atoms with E-state index in [4.69, 9.17) is 9.84 Å². The minimum absolute atomic E-state index is 0.549. The molecule has 4 heteroatoms. The third-order valence-corrected chi connectivity index (χ3v) is 4.23. The Bertz CT molecular complexity index is 420. The highest BCUT2D eigenvalue weighted by Gasteiger charge is 2.18. The molecule has 0 saturated carbocycles. The van der Waals surface area contributed by atoms with E-state index in [2.05, 4.69) is 37.7 Å². The molecule has 0 bridgehead atoms. The molecule has 1 saturated heterocycles. The van der Waals surface area contributed by atoms with Crippen molar-refractivity contribution in [3.8, 4) is 0 Å². The zero-order chi connectivity index (χ0) is 14.5. The van der Waals surface area contributed by atoms with Gasteiger partial charge in [0.2, 0.25) is 0 Å². The van der Waals surface area contributed by atoms with Crippen molar-refractivity contribution in [3.05, 3.63) is 17.0 Å². The quantitative estimate of drug-likeness (QED) is 0.869. The predicted molar refractivity (Wildman–Crippen MR) is 82.1 cm³/mol. The van der Waals surface area contributed by atoms with E-state index in [-0.39, 0.29) is 0 Å². The largest absolute Gasteiger partial charge is 0.381 e. The van der Waals surface area contributed by atoms with E-state index < -0.39 is 0 Å². The van der Waals surface area contributed by atoms with E-state index in [0.717, 1.165) is 38.6 Å². The van der Waals surface area contributed by atoms with Crippen LogP contribution in [0.15, 0.2) is 0 Å². The molecule has 0 amide bonds. The van der Waals surface area contributed by atoms with Gasteiger partial charge in [0, 0.05) is 31.5 Å². The monoisotopic (exact) mass is 279 g/mol. The van der Waals surface area contributed by atoms with Crippen molar-refractivity contribution in [1.82, 2.24) is 15.1 Å². The van der Waals surface area contributed by atoms with Crippen molar-refractivity contribution < 1.29 is 4.74 Å². The third-order valence-electron chi connectivity index (χ3n) is 4.23. The van der Waals surface area contributed by atoms with Crippen LogP contribution in [0.2, 0.25) is 0 Å². The van der Waals surface area contributed by atoms with E-state index in [0.29, 0.717) is 6.04 Å². The van der Waals surface area contributed by atoms with Gasteiger partial charge in [-0.2, -0.15) is 5.10 Å². The van der Waals surface area contributed by atoms with Gasteiger partial charge >= 0.3 is 0 Å². The van der Waals surface area contributed by atoms with E-state index in [1.807, 2.05) is 0 Å². The van der Waals surface area contributed by atoms with Crippen LogP contribution in [0.3, 0.4) is 0 Å². The second kappa shape index (κ2) is 7.23. The van der Waals surface area contributed by atoms with Crippen LogP contribution in [0.4, 0.5) is 0 Å². The molecule has 0 atom stereocenters. The topological polar surface area (TPSA) is 39.1 Å². The second-order valence-corrected chi connectivity index (χ2v) is 6.25. The number of hydrogen-bond acceptors (Lipinski definition) is 3. The van der Waals surface area contributed by atoms with E-state index in [9.17, 15) is 0 Å². The summed E-state index contributed by atoms with van der Waals surface area (Å²) < 4.78 is 7.65. The molecule has 0 aromatic carbocycles. The van der Waals surface area contributed by atoms with Gasteiger partial charge < -0.3 is 10.1 Å². The van der Waals surface area contributed by atoms with E-state index >= 15 is 0 Å². The van der Waals surface area contributed by atoms with Gasteiger partial charge in [0.25, 0.3) is 0 Å². The van der Waals surface area contributed by atoms with Crippen molar-refractivity contribution in [2.24, 2.45) is 5.92 Å². The molecule has 1 N–H and O–H groups in total. The van der Waals surface area contributed by atoms with Crippen LogP contribution in [0.5, 0.6) is 0 Å². The summed E-state index contributed by atoms with van der Waals surface area (Å²) in [5.74, 6) is 0.725. The van der Waals surface area contributed by atoms with Gasteiger partial charge in [0.05, 0.1) is 5.69 Å². The van der Waals surface area contributed by atoms with Crippen LogP contribution in [-0.2, 0) is 17.7 Å². The molecule has 2 heterocycles. The zero-order valence-electron chi connectivity index (χ0n) is 13.4. The maximum Gasteiger partial charge on any atom is 0.0628 e. The Morgan fingerprint density at radius 1 is 1.30 bits per heavy atom. The number of nitrogens with one attached hydrogen (secondary N) is 1. The lowest BCUT2D eigenvalue weighted by molar-refractivity contribution is 0.0599. The zero-order valence-corrected chi connectivity index (χ0v) is 13.4. The van der Waals surface area contributed by atoms with Crippen molar-refractivity contribution in [2.75, 3.05) is 19.8 Å². The molecule has 4 nitrogen and oxygen atoms in total. The van der Waals surface area contributed by atoms with Gasteiger partial charge in [-0.3, -0.25) is 4.68 Å². The maximum absolute atomic E-state index is 5.43. The summed E-state index contributed by atoms with van der Waals surface area (Å²) in [6.07, 6.45) is 3.41. The molecule has 0 unspecified atom stereocenters. The van der Waals surface area contributed by atoms with Crippen LogP contribution in [0.1, 0.15) is 43.6 Å². The Morgan fingerprint density at radius 3 is 2.65 bits per heavy atom. The van der Waals surface area contributed by atoms with Gasteiger partial charge in [-0.1, -0.05) is 13.8 Å². The molecule has 2 rings (SSSR count). The van der Waals surface area contributed by atoms with E-state index in [1.165, 1.54) is 29.8 Å². The summed E-state index contributed by atoms with van der Waals surface area (Å²) in [6.45, 7) is 12.6. The van der Waals surface area contributed by atoms with Gasteiger partial charge in [-0.15, -0.1) is 0 Å². The minimum Gasteiger partial charge on any atom is -0.381 e. The summed E-state index contributed by atoms with van der Waals surface area (Å²) >= 11 is 0. The van der Waals surface area contributed by atoms with Crippen LogP contribution in [0.25, 0.3) is 0 Å². The second-order valence-electron chi connectivity index (χ2n) is 6.25. The summed E-state index contributed by atoms with van der Waals surface area (Å²) in [5.41, 5.74) is 3.96. The SMILES string of the molecule is Cc1nn(CC2CCOCC2)c(C)c1CCNC(C)C. The Morgan fingerprint density at radius 2 is 2.00 bits per heavy atom. The molecule has 1 aromatic heterocycles. The normalized spacial score (nSPS) is 17.1. The van der Waals surface area contributed by atoms with E-state index in [1.54, 1.807) is 0 Å². The van der Waals surface area contributed by atoms with Crippen LogP contribution < -0.4 is 5.32 Å². The molecule has 1 aliphatic rings. The smallest absolute Gasteiger partial charge is 0.0628 e. The summed E-state index contributed by atoms with van der Waals surface area (Å²) in [7, 11) is 0. The van der Waals surface area contributed by atoms with Crippen LogP contribution in [-0.4, -0.2) is 35.6 Å². The average molecular weight is 279 g/mol. The fourth-order valence-electron chi connectivity index (χ4n) is 2.93. The Labute approximate surface area is 122 Å². The number of hydrogen-bond donors (Lipinski definition) is 1. The first-order valence-corrected chi connectivity index (χ1v) is 7.92. The molecule has 1 aliphatic heterocycles. The van der Waals surface area contributed by atoms with Crippen molar-refractivity contribution in [3.63, 3.8) is 0 Å². The molecule has 1 aromatic rings. The van der Waals surface area contributed by atoms with Gasteiger partial charge in [0.15, 0.2) is 0 Å². The molecule has 1 fully saturated rings. The van der Waals surface area contributed by atoms with Crippen molar-refractivity contribution >= 4 is 0 Å². The Hall–Kier alpha value is -0.870. The van der Waals surface area contributed by atoms with Crippen LogP contribution >= 0.6 is 0 Å². The van der Waals surface area contributed by atoms with Gasteiger partial charge in [-0.05, 0) is 51.1 Å². The Balaban J connectivity index is 1.96. The average Bonchev–Trinajstić information content (AvgIpc) is 2.67. The lowest BCUT2D eigenvalue weighted by Crippen LogP contribution is -2.25. The molecule has 0 aliphatic carbocycles. The lowest BCUT2D eigenvalue weighted by atomic mass is 10.0. The Kier molecular flexibility index (Phi) is 5.61. The highest BCUT2D eigenvalue weighted by atomic mass is 16.5. The van der Waals surface area contributed by atoms with Gasteiger partial charge in [-0.25, -0.2) is 0 Å². The molecule has 20 heavy (non-hydrogen) atoms. The van der Waals surface area contributed by atoms with Crippen LogP contribution in [0, 0.1) is 19.8 Å². The summed E-state index contributed by atoms with van der Waals surface area (Å²) in [6, 6.07) is 0.549. The first-order valence-electron chi connectivity index (χ1n) is 7.92. The minimum atomic E-state index is 0.549. The number of aromatic nitrogens is 2. The first kappa shape index (κ1) is 15.5. The van der Waals surface area contributed by atoms with Gasteiger partial charge in [0.1, 0.15) is 0 Å². The lowest BCUT2D eigenvalue weighted by Gasteiger charge is -2.22.